The van der Waals surface area contributed by atoms with Crippen LogP contribution in [0, 0.1) is 0 Å². The van der Waals surface area contributed by atoms with Crippen molar-refractivity contribution >= 4 is 90.9 Å². The van der Waals surface area contributed by atoms with Crippen molar-refractivity contribution in [2.75, 3.05) is 0 Å². The standard InChI is InChI=1S/C34H34B2N4O6S/c37-25(19-32(40)42)20-33(43)45-35(21-7-3-1-4-8-21)23-11-14-29-26(17-23)27-18-24(12-15-30(27)47-29)36(22-9-5-2-6-10-22)46-34(44)28(38)13-16-31(39)41/h1-12,14-15,17-18,25,28H,13,16,19-20,37-38H2,(H2,39,41)(H2,40,42). The number of carbonyl (C=O) groups excluding carboxylic acids is 4. The lowest BCUT2D eigenvalue weighted by Gasteiger charge is -2.18. The highest BCUT2D eigenvalue weighted by atomic mass is 32.1. The van der Waals surface area contributed by atoms with Gasteiger partial charge in [-0.3, -0.25) is 19.2 Å². The fourth-order valence-corrected chi connectivity index (χ4v) is 6.46. The summed E-state index contributed by atoms with van der Waals surface area (Å²) in [4.78, 5) is 48.5. The van der Waals surface area contributed by atoms with Gasteiger partial charge in [0.1, 0.15) is 6.04 Å². The van der Waals surface area contributed by atoms with Crippen LogP contribution in [0.5, 0.6) is 0 Å². The molecule has 0 aliphatic heterocycles. The maximum Gasteiger partial charge on any atom is 0.429 e. The first kappa shape index (κ1) is 33.4. The first-order valence-electron chi connectivity index (χ1n) is 15.1. The Bertz CT molecular complexity index is 1910. The van der Waals surface area contributed by atoms with Crippen LogP contribution in [0.4, 0.5) is 0 Å². The third-order valence-electron chi connectivity index (χ3n) is 7.71. The molecule has 2 amide bonds. The molecule has 13 heteroatoms. The number of carbonyl (C=O) groups is 4. The van der Waals surface area contributed by atoms with E-state index >= 15 is 0 Å². The molecule has 1 heterocycles. The molecule has 5 aromatic rings. The molecule has 47 heavy (non-hydrogen) atoms. The van der Waals surface area contributed by atoms with Crippen LogP contribution in [-0.2, 0) is 28.5 Å². The summed E-state index contributed by atoms with van der Waals surface area (Å²) < 4.78 is 14.0. The molecule has 0 spiro atoms. The van der Waals surface area contributed by atoms with Gasteiger partial charge >= 0.3 is 19.8 Å². The minimum atomic E-state index is -1.01. The van der Waals surface area contributed by atoms with Crippen molar-refractivity contribution < 1.29 is 28.5 Å². The fraction of sp³-hybridized carbons (Fsp3) is 0.176. The number of primary amides is 2. The number of hydrogen-bond donors (Lipinski definition) is 4. The number of hydrogen-bond acceptors (Lipinski definition) is 9. The molecule has 0 radical (unpaired) electrons. The monoisotopic (exact) mass is 648 g/mol. The van der Waals surface area contributed by atoms with E-state index in [1.54, 1.807) is 11.3 Å². The van der Waals surface area contributed by atoms with E-state index in [0.717, 1.165) is 42.0 Å². The molecule has 1 aromatic heterocycles. The van der Waals surface area contributed by atoms with E-state index in [4.69, 9.17) is 32.2 Å². The molecule has 238 valence electrons. The third-order valence-corrected chi connectivity index (χ3v) is 8.86. The highest BCUT2D eigenvalue weighted by Gasteiger charge is 2.30. The third kappa shape index (κ3) is 8.44. The van der Waals surface area contributed by atoms with Gasteiger partial charge in [-0.1, -0.05) is 84.9 Å². The van der Waals surface area contributed by atoms with Crippen molar-refractivity contribution in [2.24, 2.45) is 22.9 Å². The second kappa shape index (κ2) is 15.1. The zero-order valence-electron chi connectivity index (χ0n) is 25.5. The molecule has 0 saturated carbocycles. The number of benzene rings is 4. The maximum atomic E-state index is 13.0. The number of nitrogens with two attached hydrogens (primary N) is 4. The topological polar surface area (TPSA) is 191 Å². The van der Waals surface area contributed by atoms with Crippen LogP contribution in [0.25, 0.3) is 20.2 Å². The lowest BCUT2D eigenvalue weighted by atomic mass is 9.54. The van der Waals surface area contributed by atoms with Gasteiger partial charge in [0.2, 0.25) is 11.8 Å². The van der Waals surface area contributed by atoms with Crippen molar-refractivity contribution in [3.8, 4) is 0 Å². The minimum Gasteiger partial charge on any atom is -0.526 e. The highest BCUT2D eigenvalue weighted by molar-refractivity contribution is 7.25. The normalized spacial score (nSPS) is 12.3. The van der Waals surface area contributed by atoms with E-state index in [0.29, 0.717) is 0 Å². The van der Waals surface area contributed by atoms with Gasteiger partial charge in [0.05, 0.1) is 6.42 Å². The SMILES string of the molecule is NC(=O)CCC(N)C(=O)OB(c1ccccc1)c1ccc2sc3ccc(B(OC(=O)CC(N)CC(N)=O)c4ccccc4)cc3c2c1. The van der Waals surface area contributed by atoms with E-state index < -0.39 is 49.7 Å². The Labute approximate surface area is 276 Å². The molecule has 0 aliphatic carbocycles. The van der Waals surface area contributed by atoms with Gasteiger partial charge in [-0.2, -0.15) is 0 Å². The summed E-state index contributed by atoms with van der Waals surface area (Å²) in [5.74, 6) is -2.32. The number of rotatable bonds is 14. The van der Waals surface area contributed by atoms with Crippen molar-refractivity contribution in [3.63, 3.8) is 0 Å². The molecule has 0 aliphatic rings. The summed E-state index contributed by atoms with van der Waals surface area (Å²) in [6, 6.07) is 28.8. The quantitative estimate of drug-likeness (QED) is 0.126. The summed E-state index contributed by atoms with van der Waals surface area (Å²) in [7, 11) is 0. The summed E-state index contributed by atoms with van der Waals surface area (Å²) in [6.45, 7) is -1.49. The van der Waals surface area contributed by atoms with E-state index in [2.05, 4.69) is 0 Å². The predicted molar refractivity (Wildman–Crippen MR) is 187 cm³/mol. The zero-order valence-corrected chi connectivity index (χ0v) is 26.4. The molecular formula is C34H34B2N4O6S. The van der Waals surface area contributed by atoms with Crippen molar-refractivity contribution in [1.82, 2.24) is 0 Å². The average molecular weight is 648 g/mol. The van der Waals surface area contributed by atoms with Gasteiger partial charge in [0, 0.05) is 28.3 Å². The van der Waals surface area contributed by atoms with Crippen molar-refractivity contribution in [1.29, 1.82) is 0 Å². The maximum absolute atomic E-state index is 13.0. The second-order valence-electron chi connectivity index (χ2n) is 11.4. The smallest absolute Gasteiger partial charge is 0.429 e. The Morgan fingerprint density at radius 2 is 1.15 bits per heavy atom. The molecule has 2 atom stereocenters. The average Bonchev–Trinajstić information content (AvgIpc) is 3.42. The lowest BCUT2D eigenvalue weighted by molar-refractivity contribution is -0.136. The van der Waals surface area contributed by atoms with Gasteiger partial charge in [0.25, 0.3) is 5.97 Å². The first-order valence-corrected chi connectivity index (χ1v) is 15.9. The van der Waals surface area contributed by atoms with Gasteiger partial charge in [-0.15, -0.1) is 11.3 Å². The van der Waals surface area contributed by atoms with Crippen LogP contribution in [0.2, 0.25) is 0 Å². The number of fused-ring (bicyclic) bond motifs is 3. The largest absolute Gasteiger partial charge is 0.526 e. The molecule has 4 aromatic carbocycles. The predicted octanol–water partition coefficient (Wildman–Crippen LogP) is 0.538. The van der Waals surface area contributed by atoms with E-state index in [1.807, 2.05) is 97.1 Å². The first-order chi connectivity index (χ1) is 22.6. The Balaban J connectivity index is 1.51. The molecule has 5 rings (SSSR count). The van der Waals surface area contributed by atoms with Crippen LogP contribution in [0.3, 0.4) is 0 Å². The molecule has 0 bridgehead atoms. The fourth-order valence-electron chi connectivity index (χ4n) is 5.39. The molecular weight excluding hydrogens is 614 g/mol. The summed E-state index contributed by atoms with van der Waals surface area (Å²) in [6.07, 6.45) is -0.234. The van der Waals surface area contributed by atoms with E-state index in [9.17, 15) is 19.2 Å². The van der Waals surface area contributed by atoms with E-state index in [1.165, 1.54) is 0 Å². The van der Waals surface area contributed by atoms with Gasteiger partial charge in [0.15, 0.2) is 0 Å². The van der Waals surface area contributed by atoms with Crippen LogP contribution < -0.4 is 44.8 Å². The Morgan fingerprint density at radius 1 is 0.638 bits per heavy atom. The highest BCUT2D eigenvalue weighted by Crippen LogP contribution is 2.32. The summed E-state index contributed by atoms with van der Waals surface area (Å²) in [5, 5.41) is 1.86. The van der Waals surface area contributed by atoms with Gasteiger partial charge in [-0.05, 0) is 51.2 Å². The molecule has 0 saturated heterocycles. The summed E-state index contributed by atoms with van der Waals surface area (Å²) in [5.41, 5.74) is 25.5. The Kier molecular flexibility index (Phi) is 10.7. The van der Waals surface area contributed by atoms with Gasteiger partial charge in [-0.25, -0.2) is 0 Å². The summed E-state index contributed by atoms with van der Waals surface area (Å²) >= 11 is 1.61. The molecule has 2 unspecified atom stereocenters. The minimum absolute atomic E-state index is 0.0269. The molecule has 0 fully saturated rings. The van der Waals surface area contributed by atoms with Crippen LogP contribution in [-0.4, -0.2) is 49.7 Å². The van der Waals surface area contributed by atoms with Crippen LogP contribution in [0.15, 0.2) is 97.1 Å². The zero-order chi connectivity index (χ0) is 33.5. The second-order valence-corrected chi connectivity index (χ2v) is 12.5. The lowest BCUT2D eigenvalue weighted by Crippen LogP contribution is -2.49. The van der Waals surface area contributed by atoms with Crippen LogP contribution in [0.1, 0.15) is 25.7 Å². The van der Waals surface area contributed by atoms with Gasteiger partial charge < -0.3 is 32.2 Å². The number of amides is 2. The molecule has 8 N–H and O–H groups in total. The van der Waals surface area contributed by atoms with Crippen LogP contribution >= 0.6 is 11.3 Å². The molecule has 10 nitrogen and oxygen atoms in total. The van der Waals surface area contributed by atoms with Crippen molar-refractivity contribution in [3.05, 3.63) is 97.1 Å². The van der Waals surface area contributed by atoms with Crippen molar-refractivity contribution in [2.45, 2.75) is 37.8 Å². The van der Waals surface area contributed by atoms with E-state index in [-0.39, 0.29) is 25.7 Å². The Hall–Kier alpha value is -4.97. The Morgan fingerprint density at radius 3 is 1.64 bits per heavy atom. The number of thiophene rings is 1.